The van der Waals surface area contributed by atoms with Gasteiger partial charge in [-0.05, 0) is 41.8 Å². The fourth-order valence-corrected chi connectivity index (χ4v) is 4.28. The van der Waals surface area contributed by atoms with Crippen molar-refractivity contribution in [3.05, 3.63) is 89.7 Å². The lowest BCUT2D eigenvalue weighted by molar-refractivity contribution is -0.136. The molecule has 3 aromatic carbocycles. The maximum absolute atomic E-state index is 14.1. The standard InChI is InChI=1S/C28H30FN3O3/c1-18(2)17-32-24-14-7-4-11-21(24)27(19-9-8-10-20(15-19)30-3)35-25(28(32)34)16-26(33)31-23-13-6-5-12-22(23)29/h4-15,18,25,27,30H,16-17H2,1-3H3,(H,31,33)/t25-,27-/m1/s1. The van der Waals surface area contributed by atoms with E-state index in [-0.39, 0.29) is 23.9 Å². The Kier molecular flexibility index (Phi) is 7.46. The molecule has 7 heteroatoms. The molecule has 0 aromatic heterocycles. The number of anilines is 3. The van der Waals surface area contributed by atoms with Crippen LogP contribution < -0.4 is 15.5 Å². The molecule has 4 rings (SSSR count). The van der Waals surface area contributed by atoms with Crippen molar-refractivity contribution in [3.63, 3.8) is 0 Å². The number of carbonyl (C=O) groups excluding carboxylic acids is 2. The predicted molar refractivity (Wildman–Crippen MR) is 136 cm³/mol. The Morgan fingerprint density at radius 2 is 1.80 bits per heavy atom. The molecule has 6 nitrogen and oxygen atoms in total. The number of amides is 2. The quantitative estimate of drug-likeness (QED) is 0.482. The molecule has 2 N–H and O–H groups in total. The van der Waals surface area contributed by atoms with Crippen molar-refractivity contribution in [2.75, 3.05) is 29.1 Å². The summed E-state index contributed by atoms with van der Waals surface area (Å²) in [5, 5.41) is 5.71. The van der Waals surface area contributed by atoms with Gasteiger partial charge in [-0.3, -0.25) is 9.59 Å². The van der Waals surface area contributed by atoms with Gasteiger partial charge >= 0.3 is 0 Å². The lowest BCUT2D eigenvalue weighted by Gasteiger charge is -2.26. The van der Waals surface area contributed by atoms with Gasteiger partial charge in [0.1, 0.15) is 18.0 Å². The molecule has 2 atom stereocenters. The number of nitrogens with one attached hydrogen (secondary N) is 2. The zero-order valence-electron chi connectivity index (χ0n) is 20.1. The van der Waals surface area contributed by atoms with Crippen LogP contribution in [0.3, 0.4) is 0 Å². The van der Waals surface area contributed by atoms with E-state index in [1.165, 1.54) is 12.1 Å². The second-order valence-corrected chi connectivity index (χ2v) is 9.01. The molecule has 1 heterocycles. The van der Waals surface area contributed by atoms with Gasteiger partial charge in [0.25, 0.3) is 5.91 Å². The summed E-state index contributed by atoms with van der Waals surface area (Å²) in [6.45, 7) is 4.55. The SMILES string of the molecule is CNc1cccc([C@H]2O[C@H](CC(=O)Nc3ccccc3F)C(=O)N(CC(C)C)c3ccccc32)c1. The molecule has 0 radical (unpaired) electrons. The van der Waals surface area contributed by atoms with Crippen LogP contribution in [0.2, 0.25) is 0 Å². The zero-order valence-corrected chi connectivity index (χ0v) is 20.1. The van der Waals surface area contributed by atoms with E-state index < -0.39 is 23.9 Å². The maximum Gasteiger partial charge on any atom is 0.256 e. The second-order valence-electron chi connectivity index (χ2n) is 9.01. The van der Waals surface area contributed by atoms with Crippen molar-refractivity contribution < 1.29 is 18.7 Å². The van der Waals surface area contributed by atoms with Gasteiger partial charge in [0.15, 0.2) is 0 Å². The molecule has 0 aliphatic carbocycles. The molecule has 0 saturated carbocycles. The fourth-order valence-electron chi connectivity index (χ4n) is 4.28. The summed E-state index contributed by atoms with van der Waals surface area (Å²) >= 11 is 0. The Bertz CT molecular complexity index is 1210. The number of hydrogen-bond acceptors (Lipinski definition) is 4. The predicted octanol–water partition coefficient (Wildman–Crippen LogP) is 5.37. The van der Waals surface area contributed by atoms with Crippen molar-refractivity contribution in [1.82, 2.24) is 0 Å². The van der Waals surface area contributed by atoms with Crippen LogP contribution in [-0.4, -0.2) is 31.5 Å². The molecule has 3 aromatic rings. The van der Waals surface area contributed by atoms with Crippen molar-refractivity contribution >= 4 is 28.9 Å². The van der Waals surface area contributed by atoms with E-state index in [2.05, 4.69) is 10.6 Å². The summed E-state index contributed by atoms with van der Waals surface area (Å²) in [6, 6.07) is 21.4. The minimum absolute atomic E-state index is 0.0687. The van der Waals surface area contributed by atoms with Gasteiger partial charge in [0, 0.05) is 30.5 Å². The molecule has 182 valence electrons. The average Bonchev–Trinajstić information content (AvgIpc) is 2.96. The normalized spacial score (nSPS) is 17.6. The summed E-state index contributed by atoms with van der Waals surface area (Å²) < 4.78 is 20.5. The molecular weight excluding hydrogens is 445 g/mol. The Morgan fingerprint density at radius 1 is 1.06 bits per heavy atom. The first-order valence-corrected chi connectivity index (χ1v) is 11.7. The van der Waals surface area contributed by atoms with Crippen LogP contribution in [0.1, 0.15) is 37.5 Å². The molecule has 1 aliphatic heterocycles. The molecular formula is C28H30FN3O3. The summed E-state index contributed by atoms with van der Waals surface area (Å²) in [5.41, 5.74) is 3.46. The average molecular weight is 476 g/mol. The van der Waals surface area contributed by atoms with Crippen molar-refractivity contribution in [3.8, 4) is 0 Å². The van der Waals surface area contributed by atoms with Gasteiger partial charge in [-0.25, -0.2) is 4.39 Å². The first-order chi connectivity index (χ1) is 16.9. The van der Waals surface area contributed by atoms with Crippen LogP contribution in [0, 0.1) is 11.7 Å². The third-order valence-corrected chi connectivity index (χ3v) is 5.90. The second kappa shape index (κ2) is 10.7. The molecule has 0 unspecified atom stereocenters. The van der Waals surface area contributed by atoms with E-state index in [4.69, 9.17) is 4.74 Å². The number of rotatable bonds is 7. The van der Waals surface area contributed by atoms with E-state index in [1.807, 2.05) is 69.4 Å². The number of fused-ring (bicyclic) bond motifs is 1. The molecule has 0 fully saturated rings. The van der Waals surface area contributed by atoms with E-state index in [1.54, 1.807) is 17.0 Å². The van der Waals surface area contributed by atoms with Gasteiger partial charge in [-0.1, -0.05) is 56.3 Å². The first kappa shape index (κ1) is 24.4. The topological polar surface area (TPSA) is 70.7 Å². The number of carbonyl (C=O) groups is 2. The number of hydrogen-bond donors (Lipinski definition) is 2. The highest BCUT2D eigenvalue weighted by Crippen LogP contribution is 2.39. The molecule has 35 heavy (non-hydrogen) atoms. The Labute approximate surface area is 205 Å². The van der Waals surface area contributed by atoms with Gasteiger partial charge in [-0.15, -0.1) is 0 Å². The highest BCUT2D eigenvalue weighted by atomic mass is 19.1. The van der Waals surface area contributed by atoms with Crippen molar-refractivity contribution in [1.29, 1.82) is 0 Å². The maximum atomic E-state index is 14.1. The van der Waals surface area contributed by atoms with Gasteiger partial charge in [-0.2, -0.15) is 0 Å². The highest BCUT2D eigenvalue weighted by molar-refractivity contribution is 6.02. The molecule has 1 aliphatic rings. The summed E-state index contributed by atoms with van der Waals surface area (Å²) in [5.74, 6) is -1.12. The molecule has 2 amide bonds. The Balaban J connectivity index is 1.72. The summed E-state index contributed by atoms with van der Waals surface area (Å²) in [6.07, 6.45) is -1.85. The lowest BCUT2D eigenvalue weighted by atomic mass is 9.98. The number of nitrogens with zero attached hydrogens (tertiary/aromatic N) is 1. The van der Waals surface area contributed by atoms with E-state index in [0.717, 1.165) is 22.5 Å². The van der Waals surface area contributed by atoms with E-state index in [0.29, 0.717) is 6.54 Å². The minimum atomic E-state index is -1.05. The van der Waals surface area contributed by atoms with Crippen LogP contribution in [0.5, 0.6) is 0 Å². The Morgan fingerprint density at radius 3 is 2.54 bits per heavy atom. The number of ether oxygens (including phenoxy) is 1. The number of benzene rings is 3. The first-order valence-electron chi connectivity index (χ1n) is 11.7. The zero-order chi connectivity index (χ0) is 24.9. The number of halogens is 1. The van der Waals surface area contributed by atoms with E-state index >= 15 is 0 Å². The van der Waals surface area contributed by atoms with Gasteiger partial charge in [0.05, 0.1) is 12.1 Å². The van der Waals surface area contributed by atoms with Crippen molar-refractivity contribution in [2.24, 2.45) is 5.92 Å². The van der Waals surface area contributed by atoms with Gasteiger partial charge in [0.2, 0.25) is 5.91 Å². The summed E-state index contributed by atoms with van der Waals surface area (Å²) in [4.78, 5) is 28.3. The van der Waals surface area contributed by atoms with Gasteiger partial charge < -0.3 is 20.3 Å². The number of para-hydroxylation sites is 2. The van der Waals surface area contributed by atoms with Crippen LogP contribution in [-0.2, 0) is 14.3 Å². The fraction of sp³-hybridized carbons (Fsp3) is 0.286. The third kappa shape index (κ3) is 5.52. The smallest absolute Gasteiger partial charge is 0.256 e. The lowest BCUT2D eigenvalue weighted by Crippen LogP contribution is -2.42. The minimum Gasteiger partial charge on any atom is -0.388 e. The van der Waals surface area contributed by atoms with Crippen LogP contribution in [0.15, 0.2) is 72.8 Å². The van der Waals surface area contributed by atoms with Crippen molar-refractivity contribution in [2.45, 2.75) is 32.5 Å². The van der Waals surface area contributed by atoms with Crippen LogP contribution >= 0.6 is 0 Å². The monoisotopic (exact) mass is 475 g/mol. The highest BCUT2D eigenvalue weighted by Gasteiger charge is 2.37. The van der Waals surface area contributed by atoms with Crippen LogP contribution in [0.25, 0.3) is 0 Å². The third-order valence-electron chi connectivity index (χ3n) is 5.90. The molecule has 0 spiro atoms. The van der Waals surface area contributed by atoms with E-state index in [9.17, 15) is 14.0 Å². The molecule has 0 bridgehead atoms. The Hall–Kier alpha value is -3.71. The van der Waals surface area contributed by atoms with Crippen LogP contribution in [0.4, 0.5) is 21.5 Å². The molecule has 0 saturated heterocycles. The largest absolute Gasteiger partial charge is 0.388 e. The summed E-state index contributed by atoms with van der Waals surface area (Å²) in [7, 11) is 1.84.